The van der Waals surface area contributed by atoms with E-state index < -0.39 is 23.0 Å². The number of hydrogen-bond acceptors (Lipinski definition) is 3. The lowest BCUT2D eigenvalue weighted by Crippen LogP contribution is -2.43. The van der Waals surface area contributed by atoms with Crippen LogP contribution in [0.3, 0.4) is 0 Å². The maximum atomic E-state index is 13.5. The van der Waals surface area contributed by atoms with Gasteiger partial charge in [-0.25, -0.2) is 4.90 Å². The van der Waals surface area contributed by atoms with Crippen LogP contribution in [0.5, 0.6) is 0 Å². The van der Waals surface area contributed by atoms with Crippen LogP contribution in [0, 0.1) is 0 Å². The van der Waals surface area contributed by atoms with Gasteiger partial charge in [0.2, 0.25) is 5.78 Å². The number of nitrogens with zero attached hydrogens (tertiary/aromatic N) is 1. The third-order valence-electron chi connectivity index (χ3n) is 4.95. The summed E-state index contributed by atoms with van der Waals surface area (Å²) in [6.07, 6.45) is 0.143. The number of amides is 2. The van der Waals surface area contributed by atoms with E-state index in [4.69, 9.17) is 0 Å². The average Bonchev–Trinajstić information content (AvgIpc) is 2.91. The molecule has 2 amide bonds. The van der Waals surface area contributed by atoms with Crippen molar-refractivity contribution in [3.63, 3.8) is 0 Å². The molecule has 0 aromatic heterocycles. The maximum absolute atomic E-state index is 13.5. The molecule has 1 unspecified atom stereocenters. The first-order valence-corrected chi connectivity index (χ1v) is 8.72. The predicted octanol–water partition coefficient (Wildman–Crippen LogP) is 3.31. The van der Waals surface area contributed by atoms with Gasteiger partial charge < -0.3 is 0 Å². The second-order valence-corrected chi connectivity index (χ2v) is 6.54. The third kappa shape index (κ3) is 2.66. The highest BCUT2D eigenvalue weighted by Gasteiger charge is 2.60. The Balaban J connectivity index is 1.89. The smallest absolute Gasteiger partial charge is 0.287 e. The van der Waals surface area contributed by atoms with Crippen molar-refractivity contribution in [2.24, 2.45) is 0 Å². The monoisotopic (exact) mass is 355 g/mol. The molecule has 1 heterocycles. The normalized spacial score (nSPS) is 19.6. The van der Waals surface area contributed by atoms with Gasteiger partial charge in [0.05, 0.1) is 5.69 Å². The second-order valence-electron chi connectivity index (χ2n) is 6.54. The molecule has 4 heteroatoms. The van der Waals surface area contributed by atoms with Crippen molar-refractivity contribution in [3.8, 4) is 0 Å². The van der Waals surface area contributed by atoms with E-state index in [-0.39, 0.29) is 6.42 Å². The highest BCUT2D eigenvalue weighted by Crippen LogP contribution is 2.39. The van der Waals surface area contributed by atoms with Crippen LogP contribution in [-0.2, 0) is 26.2 Å². The molecule has 0 N–H and O–H groups in total. The zero-order chi connectivity index (χ0) is 18.9. The maximum Gasteiger partial charge on any atom is 0.302 e. The molecular formula is C23H17NO3. The molecule has 1 saturated heterocycles. The van der Waals surface area contributed by atoms with Crippen LogP contribution in [0.25, 0.3) is 0 Å². The molecule has 132 valence electrons. The van der Waals surface area contributed by atoms with Gasteiger partial charge in [-0.3, -0.25) is 14.4 Å². The van der Waals surface area contributed by atoms with Crippen LogP contribution in [0.2, 0.25) is 0 Å². The summed E-state index contributed by atoms with van der Waals surface area (Å²) in [7, 11) is 0. The number of benzene rings is 3. The lowest BCUT2D eigenvalue weighted by Gasteiger charge is -2.26. The van der Waals surface area contributed by atoms with Gasteiger partial charge >= 0.3 is 5.91 Å². The minimum atomic E-state index is -1.55. The lowest BCUT2D eigenvalue weighted by atomic mass is 9.73. The van der Waals surface area contributed by atoms with Crippen LogP contribution >= 0.6 is 0 Å². The topological polar surface area (TPSA) is 54.5 Å². The fourth-order valence-corrected chi connectivity index (χ4v) is 3.61. The molecule has 4 rings (SSSR count). The van der Waals surface area contributed by atoms with E-state index in [9.17, 15) is 14.4 Å². The van der Waals surface area contributed by atoms with Crippen molar-refractivity contribution in [2.75, 3.05) is 4.90 Å². The summed E-state index contributed by atoms with van der Waals surface area (Å²) in [5.41, 5.74) is 0.225. The Morgan fingerprint density at radius 1 is 0.667 bits per heavy atom. The molecule has 0 bridgehead atoms. The molecular weight excluding hydrogens is 338 g/mol. The number of rotatable bonds is 4. The van der Waals surface area contributed by atoms with Gasteiger partial charge in [0.15, 0.2) is 0 Å². The highest BCUT2D eigenvalue weighted by atomic mass is 16.2. The molecule has 1 aliphatic rings. The Kier molecular flexibility index (Phi) is 4.16. The largest absolute Gasteiger partial charge is 0.302 e. The molecule has 0 aliphatic carbocycles. The van der Waals surface area contributed by atoms with Gasteiger partial charge in [0.1, 0.15) is 5.41 Å². The number of para-hydroxylation sites is 1. The molecule has 0 spiro atoms. The summed E-state index contributed by atoms with van der Waals surface area (Å²) in [6, 6.07) is 26.7. The fraction of sp³-hybridized carbons (Fsp3) is 0.0870. The summed E-state index contributed by atoms with van der Waals surface area (Å²) >= 11 is 0. The van der Waals surface area contributed by atoms with Crippen LogP contribution in [0.15, 0.2) is 91.0 Å². The molecule has 27 heavy (non-hydrogen) atoms. The van der Waals surface area contributed by atoms with Gasteiger partial charge in [-0.2, -0.15) is 0 Å². The van der Waals surface area contributed by atoms with Crippen molar-refractivity contribution < 1.29 is 14.4 Å². The molecule has 0 saturated carbocycles. The van der Waals surface area contributed by atoms with Crippen LogP contribution in [0.4, 0.5) is 5.69 Å². The van der Waals surface area contributed by atoms with Gasteiger partial charge in [0, 0.05) is 0 Å². The van der Waals surface area contributed by atoms with Crippen molar-refractivity contribution in [2.45, 2.75) is 11.8 Å². The van der Waals surface area contributed by atoms with E-state index >= 15 is 0 Å². The molecule has 3 aromatic rings. The minimum absolute atomic E-state index is 0.143. The van der Waals surface area contributed by atoms with E-state index in [1.54, 1.807) is 54.6 Å². The standard InChI is InChI=1S/C23H17NO3/c25-20-21(26)24(19-14-8-3-9-15-19)22(27)23(20,18-12-6-2-7-13-18)16-17-10-4-1-5-11-17/h1-15H,16H2. The number of anilines is 1. The number of hydrogen-bond donors (Lipinski definition) is 0. The number of imide groups is 1. The average molecular weight is 355 g/mol. The Bertz CT molecular complexity index is 1000. The molecule has 3 aromatic carbocycles. The lowest BCUT2D eigenvalue weighted by molar-refractivity contribution is -0.137. The molecule has 1 fully saturated rings. The van der Waals surface area contributed by atoms with Crippen LogP contribution < -0.4 is 4.90 Å². The summed E-state index contributed by atoms with van der Waals surface area (Å²) in [5.74, 6) is -1.98. The first-order chi connectivity index (χ1) is 13.1. The second kappa shape index (κ2) is 6.65. The summed E-state index contributed by atoms with van der Waals surface area (Å²) < 4.78 is 0. The SMILES string of the molecule is O=C1C(=O)C(Cc2ccccc2)(c2ccccc2)C(=O)N1c1ccccc1. The third-order valence-corrected chi connectivity index (χ3v) is 4.95. The van der Waals surface area contributed by atoms with E-state index in [0.717, 1.165) is 10.5 Å². The van der Waals surface area contributed by atoms with Gasteiger partial charge in [0.25, 0.3) is 5.91 Å². The Hall–Kier alpha value is -3.53. The number of carbonyl (C=O) groups is 3. The van der Waals surface area contributed by atoms with Crippen molar-refractivity contribution >= 4 is 23.3 Å². The van der Waals surface area contributed by atoms with Crippen LogP contribution in [-0.4, -0.2) is 17.6 Å². The van der Waals surface area contributed by atoms with Crippen LogP contribution in [0.1, 0.15) is 11.1 Å². The number of ketones is 1. The molecule has 1 aliphatic heterocycles. The fourth-order valence-electron chi connectivity index (χ4n) is 3.61. The van der Waals surface area contributed by atoms with Gasteiger partial charge in [-0.15, -0.1) is 0 Å². The molecule has 4 nitrogen and oxygen atoms in total. The highest BCUT2D eigenvalue weighted by molar-refractivity contribution is 6.59. The molecule has 0 radical (unpaired) electrons. The van der Waals surface area contributed by atoms with E-state index in [2.05, 4.69) is 0 Å². The van der Waals surface area contributed by atoms with Crippen molar-refractivity contribution in [1.82, 2.24) is 0 Å². The number of Topliss-reactive ketones (excluding diaryl/α,β-unsaturated/α-hetero) is 1. The predicted molar refractivity (Wildman–Crippen MR) is 102 cm³/mol. The van der Waals surface area contributed by atoms with Gasteiger partial charge in [-0.05, 0) is 29.7 Å². The minimum Gasteiger partial charge on any atom is -0.287 e. The number of carbonyl (C=O) groups excluding carboxylic acids is 3. The quantitative estimate of drug-likeness (QED) is 0.410. The Labute approximate surface area is 157 Å². The Morgan fingerprint density at radius 2 is 1.19 bits per heavy atom. The van der Waals surface area contributed by atoms with Gasteiger partial charge in [-0.1, -0.05) is 78.9 Å². The summed E-state index contributed by atoms with van der Waals surface area (Å²) in [6.45, 7) is 0. The van der Waals surface area contributed by atoms with E-state index in [1.807, 2.05) is 36.4 Å². The summed E-state index contributed by atoms with van der Waals surface area (Å²) in [5, 5.41) is 0. The first-order valence-electron chi connectivity index (χ1n) is 8.72. The first kappa shape index (κ1) is 16.9. The summed E-state index contributed by atoms with van der Waals surface area (Å²) in [4.78, 5) is 40.6. The molecule has 1 atom stereocenters. The van der Waals surface area contributed by atoms with E-state index in [0.29, 0.717) is 11.3 Å². The zero-order valence-corrected chi connectivity index (χ0v) is 14.5. The zero-order valence-electron chi connectivity index (χ0n) is 14.5. The Morgan fingerprint density at radius 3 is 1.78 bits per heavy atom. The van der Waals surface area contributed by atoms with E-state index in [1.165, 1.54) is 0 Å². The van der Waals surface area contributed by atoms with Crippen molar-refractivity contribution in [1.29, 1.82) is 0 Å². The van der Waals surface area contributed by atoms with Crippen molar-refractivity contribution in [3.05, 3.63) is 102 Å².